The summed E-state index contributed by atoms with van der Waals surface area (Å²) in [5, 5.41) is 0. The van der Waals surface area contributed by atoms with Gasteiger partial charge in [0.15, 0.2) is 0 Å². The molecular formula is C44H42ClN8-. The first-order chi connectivity index (χ1) is 25.4. The van der Waals surface area contributed by atoms with Gasteiger partial charge >= 0.3 is 0 Å². The van der Waals surface area contributed by atoms with E-state index in [1.807, 2.05) is 0 Å². The molecule has 6 aliphatic rings. The summed E-state index contributed by atoms with van der Waals surface area (Å²) in [4.78, 5) is 27.5. The predicted molar refractivity (Wildman–Crippen MR) is 214 cm³/mol. The average Bonchev–Trinajstić information content (AvgIpc) is 3.95. The molecule has 266 valence electrons. The highest BCUT2D eigenvalue weighted by Crippen LogP contribution is 2.45. The summed E-state index contributed by atoms with van der Waals surface area (Å²) in [6, 6.07) is 12.8. The number of aromatic nitrogens is 4. The topological polar surface area (TPSA) is 70.3 Å². The smallest absolute Gasteiger partial charge is 0.0774 e. The molecule has 0 spiro atoms. The maximum Gasteiger partial charge on any atom is 0.0774 e. The van der Waals surface area contributed by atoms with E-state index in [0.717, 1.165) is 50.4 Å². The fourth-order valence-corrected chi connectivity index (χ4v) is 8.04. The Morgan fingerprint density at radius 1 is 0.509 bits per heavy atom. The van der Waals surface area contributed by atoms with Crippen molar-refractivity contribution in [3.63, 3.8) is 0 Å². The molecule has 0 saturated carbocycles. The quantitative estimate of drug-likeness (QED) is 0.300. The van der Waals surface area contributed by atoms with Gasteiger partial charge in [0.1, 0.15) is 0 Å². The molecule has 0 aromatic carbocycles. The second-order valence-electron chi connectivity index (χ2n) is 14.1. The van der Waals surface area contributed by atoms with Crippen molar-refractivity contribution in [2.45, 2.75) is 24.2 Å². The van der Waals surface area contributed by atoms with Crippen LogP contribution in [0.2, 0.25) is 0 Å². The normalized spacial score (nSPS) is 22.8. The van der Waals surface area contributed by atoms with Crippen molar-refractivity contribution in [3.8, 4) is 0 Å². The monoisotopic (exact) mass is 717 g/mol. The third kappa shape index (κ3) is 6.19. The lowest BCUT2D eigenvalue weighted by molar-refractivity contribution is -0.0000103. The Morgan fingerprint density at radius 3 is 1.64 bits per heavy atom. The molecule has 3 aromatic heterocycles. The molecule has 8 nitrogen and oxygen atoms in total. The van der Waals surface area contributed by atoms with Gasteiger partial charge in [-0.15, -0.1) is 0 Å². The van der Waals surface area contributed by atoms with E-state index in [4.69, 9.17) is 9.97 Å². The van der Waals surface area contributed by atoms with Gasteiger partial charge in [-0.25, -0.2) is 9.97 Å². The number of nitrogens with one attached hydrogen (secondary N) is 2. The highest BCUT2D eigenvalue weighted by molar-refractivity contribution is 6.00. The number of rotatable bonds is 4. The van der Waals surface area contributed by atoms with Gasteiger partial charge in [-0.05, 0) is 97.7 Å². The Bertz CT molecular complexity index is 2430. The molecule has 4 atom stereocenters. The lowest BCUT2D eigenvalue weighted by Gasteiger charge is -2.34. The van der Waals surface area contributed by atoms with Crippen LogP contribution in [-0.2, 0) is 0 Å². The Labute approximate surface area is 316 Å². The zero-order valence-electron chi connectivity index (χ0n) is 30.2. The van der Waals surface area contributed by atoms with Gasteiger partial charge in [0.25, 0.3) is 0 Å². The Hall–Kier alpha value is -5.99. The van der Waals surface area contributed by atoms with E-state index in [9.17, 15) is 0 Å². The zero-order chi connectivity index (χ0) is 35.3. The number of allylic oxidation sites excluding steroid dienone is 8. The van der Waals surface area contributed by atoms with Crippen molar-refractivity contribution in [2.75, 3.05) is 28.2 Å². The molecule has 0 radical (unpaired) electrons. The average molecular weight is 718 g/mol. The molecule has 2 N–H and O–H groups in total. The van der Waals surface area contributed by atoms with Crippen LogP contribution in [0.3, 0.4) is 0 Å². The van der Waals surface area contributed by atoms with Crippen molar-refractivity contribution in [3.05, 3.63) is 168 Å². The number of fused-ring (bicyclic) bond motifs is 8. The van der Waals surface area contributed by atoms with Crippen molar-refractivity contribution in [1.82, 2.24) is 39.5 Å². The first-order valence-corrected chi connectivity index (χ1v) is 17.9. The van der Waals surface area contributed by atoms with Gasteiger partial charge in [-0.3, -0.25) is 0 Å². The lowest BCUT2D eigenvalue weighted by atomic mass is 9.86. The minimum Gasteiger partial charge on any atom is -1.00 e. The van der Waals surface area contributed by atoms with Crippen LogP contribution in [0.25, 0.3) is 45.4 Å². The van der Waals surface area contributed by atoms with Crippen LogP contribution in [0.15, 0.2) is 134 Å². The molecule has 4 unspecified atom stereocenters. The van der Waals surface area contributed by atoms with Crippen LogP contribution in [0.5, 0.6) is 0 Å². The summed E-state index contributed by atoms with van der Waals surface area (Å²) < 4.78 is 0. The summed E-state index contributed by atoms with van der Waals surface area (Å²) in [5.74, 6) is 0. The van der Waals surface area contributed by atoms with Crippen molar-refractivity contribution < 1.29 is 12.4 Å². The number of halogens is 1. The molecule has 9 rings (SSSR count). The second-order valence-corrected chi connectivity index (χ2v) is 14.1. The van der Waals surface area contributed by atoms with E-state index >= 15 is 0 Å². The van der Waals surface area contributed by atoms with E-state index in [-0.39, 0.29) is 36.6 Å². The maximum absolute atomic E-state index is 5.76. The number of H-pyrrole nitrogens is 2. The molecule has 8 bridgehead atoms. The molecular weight excluding hydrogens is 676 g/mol. The highest BCUT2D eigenvalue weighted by atomic mass is 35.5. The summed E-state index contributed by atoms with van der Waals surface area (Å²) >= 11 is 0. The Balaban J connectivity index is 0.00000400. The summed E-state index contributed by atoms with van der Waals surface area (Å²) in [6.07, 6.45) is 38.9. The standard InChI is InChI=1S/C44H42N8.ClH/c1-49-21-9-5-13-36(49)34-27-33-26-31-18-17-29(45-31)25-30-19-20-32(46-30)28-35-40(37-14-6-10-22-50(37)2)41(38-15-7-11-23-51(38)3)44(48-35)42(43(34)47-33)39-16-8-12-24-52(39)4;/h5-28,36-39,45,47H,1-4H3;1H/p-1. The number of likely N-dealkylation sites (N-methyl/N-ethyl adjacent to an activating group) is 4. The molecule has 0 aliphatic carbocycles. The minimum atomic E-state index is -0.0970. The predicted octanol–water partition coefficient (Wildman–Crippen LogP) is 5.28. The molecule has 0 saturated heterocycles. The molecule has 53 heavy (non-hydrogen) atoms. The van der Waals surface area contributed by atoms with Crippen LogP contribution in [0.1, 0.15) is 46.0 Å². The Morgan fingerprint density at radius 2 is 1.04 bits per heavy atom. The van der Waals surface area contributed by atoms with Crippen LogP contribution >= 0.6 is 0 Å². The summed E-state index contributed by atoms with van der Waals surface area (Å²) in [5.41, 5.74) is 12.5. The lowest BCUT2D eigenvalue weighted by Crippen LogP contribution is -3.00. The van der Waals surface area contributed by atoms with Gasteiger partial charge in [0.2, 0.25) is 0 Å². The van der Waals surface area contributed by atoms with Crippen molar-refractivity contribution in [2.24, 2.45) is 0 Å². The third-order valence-corrected chi connectivity index (χ3v) is 10.6. The number of nitrogens with zero attached hydrogens (tertiary/aromatic N) is 6. The van der Waals surface area contributed by atoms with Gasteiger partial charge < -0.3 is 42.0 Å². The molecule has 0 fully saturated rings. The summed E-state index contributed by atoms with van der Waals surface area (Å²) in [6.45, 7) is 0. The van der Waals surface area contributed by atoms with Crippen molar-refractivity contribution in [1.29, 1.82) is 0 Å². The molecule has 6 aliphatic heterocycles. The number of aromatic amines is 2. The zero-order valence-corrected chi connectivity index (χ0v) is 31.0. The molecule has 9 heterocycles. The van der Waals surface area contributed by atoms with E-state index in [1.54, 1.807) is 0 Å². The Kier molecular flexibility index (Phi) is 8.92. The molecule has 0 amide bonds. The fourth-order valence-electron chi connectivity index (χ4n) is 8.04. The van der Waals surface area contributed by atoms with Crippen molar-refractivity contribution >= 4 is 45.4 Å². The third-order valence-electron chi connectivity index (χ3n) is 10.6. The van der Waals surface area contributed by atoms with Gasteiger partial charge in [0, 0.05) is 67.0 Å². The fraction of sp³-hybridized carbons (Fsp3) is 0.182. The van der Waals surface area contributed by atoms with Gasteiger partial charge in [0.05, 0.1) is 52.5 Å². The maximum atomic E-state index is 5.76. The molecule has 3 aromatic rings. The SMILES string of the molecule is CN1C=CC=CC1C1=C(C2C=CC=CN2C)c2nc1cc1nc(cc3ccc(cc4cc(C5C=CC=CN5C)c([nH]4)c2C2C=CC=CN2C)[nH]3)C=C1.[Cl-]. The molecule has 9 heteroatoms. The van der Waals surface area contributed by atoms with Gasteiger partial charge in [-0.2, -0.15) is 0 Å². The van der Waals surface area contributed by atoms with E-state index in [2.05, 4.69) is 204 Å². The van der Waals surface area contributed by atoms with Crippen LogP contribution < -0.4 is 12.4 Å². The second kappa shape index (κ2) is 13.9. The van der Waals surface area contributed by atoms with E-state index in [0.29, 0.717) is 0 Å². The van der Waals surface area contributed by atoms with Gasteiger partial charge in [-0.1, -0.05) is 48.6 Å². The minimum absolute atomic E-state index is 0. The van der Waals surface area contributed by atoms with E-state index < -0.39 is 0 Å². The van der Waals surface area contributed by atoms with Crippen LogP contribution in [-0.4, -0.2) is 79.8 Å². The van der Waals surface area contributed by atoms with E-state index in [1.165, 1.54) is 16.7 Å². The first kappa shape index (κ1) is 34.1. The van der Waals surface area contributed by atoms with Crippen LogP contribution in [0, 0.1) is 0 Å². The van der Waals surface area contributed by atoms with Crippen LogP contribution in [0.4, 0.5) is 0 Å². The largest absolute Gasteiger partial charge is 1.00 e. The summed E-state index contributed by atoms with van der Waals surface area (Å²) in [7, 11) is 8.61. The highest BCUT2D eigenvalue weighted by Gasteiger charge is 2.37. The number of hydrogen-bond acceptors (Lipinski definition) is 6. The number of hydrogen-bond donors (Lipinski definition) is 2. The first-order valence-electron chi connectivity index (χ1n) is 17.9.